The highest BCUT2D eigenvalue weighted by molar-refractivity contribution is 5.57. The molecule has 2 aromatic heterocycles. The molecule has 0 aliphatic carbocycles. The molecule has 0 saturated carbocycles. The second kappa shape index (κ2) is 3.35. The Hall–Kier alpha value is -1.70. The molecule has 0 aliphatic rings. The molecule has 64 valence electrons. The second-order valence-corrected chi connectivity index (χ2v) is 2.96. The maximum Gasteiger partial charge on any atom is 0.0703 e. The van der Waals surface area contributed by atoms with Crippen LogP contribution in [0.25, 0.3) is 11.3 Å². The Morgan fingerprint density at radius 2 is 1.77 bits per heavy atom. The number of aromatic nitrogens is 2. The first-order valence-corrected chi connectivity index (χ1v) is 4.19. The summed E-state index contributed by atoms with van der Waals surface area (Å²) in [7, 11) is 0. The predicted molar refractivity (Wildman–Crippen MR) is 52.2 cm³/mol. The SMILES string of the molecule is Cc1ccc(-c2ccncc2)nc1. The highest BCUT2D eigenvalue weighted by Crippen LogP contribution is 2.14. The summed E-state index contributed by atoms with van der Waals surface area (Å²) in [5.74, 6) is 0. The monoisotopic (exact) mass is 170 g/mol. The van der Waals surface area contributed by atoms with Crippen LogP contribution in [0.2, 0.25) is 0 Å². The van der Waals surface area contributed by atoms with Gasteiger partial charge in [-0.25, -0.2) is 0 Å². The average Bonchev–Trinajstić information content (AvgIpc) is 2.20. The van der Waals surface area contributed by atoms with Crippen molar-refractivity contribution in [2.24, 2.45) is 0 Å². The highest BCUT2D eigenvalue weighted by Gasteiger charge is 1.95. The summed E-state index contributed by atoms with van der Waals surface area (Å²) < 4.78 is 0. The molecule has 0 saturated heterocycles. The van der Waals surface area contributed by atoms with Crippen molar-refractivity contribution in [2.75, 3.05) is 0 Å². The molecule has 0 amide bonds. The van der Waals surface area contributed by atoms with Gasteiger partial charge in [0, 0.05) is 24.2 Å². The standard InChI is InChI=1S/C11H10N2/c1-9-2-3-11(13-8-9)10-4-6-12-7-5-10/h2-8H,1H3. The third-order valence-electron chi connectivity index (χ3n) is 1.89. The van der Waals surface area contributed by atoms with E-state index in [1.807, 2.05) is 31.3 Å². The van der Waals surface area contributed by atoms with Crippen LogP contribution in [0.15, 0.2) is 42.9 Å². The largest absolute Gasteiger partial charge is 0.265 e. The molecule has 0 N–H and O–H groups in total. The Morgan fingerprint density at radius 1 is 1.00 bits per heavy atom. The van der Waals surface area contributed by atoms with Gasteiger partial charge in [0.25, 0.3) is 0 Å². The van der Waals surface area contributed by atoms with Gasteiger partial charge < -0.3 is 0 Å². The van der Waals surface area contributed by atoms with E-state index >= 15 is 0 Å². The third kappa shape index (κ3) is 1.72. The molecule has 0 fully saturated rings. The molecule has 2 nitrogen and oxygen atoms in total. The van der Waals surface area contributed by atoms with Crippen LogP contribution in [0, 0.1) is 6.92 Å². The van der Waals surface area contributed by atoms with Crippen molar-refractivity contribution in [3.8, 4) is 11.3 Å². The molecule has 2 heterocycles. The van der Waals surface area contributed by atoms with E-state index in [4.69, 9.17) is 0 Å². The van der Waals surface area contributed by atoms with Gasteiger partial charge >= 0.3 is 0 Å². The number of pyridine rings is 2. The fourth-order valence-electron chi connectivity index (χ4n) is 1.16. The molecule has 0 atom stereocenters. The van der Waals surface area contributed by atoms with E-state index in [-0.39, 0.29) is 0 Å². The maximum absolute atomic E-state index is 4.32. The van der Waals surface area contributed by atoms with Crippen LogP contribution in [0.5, 0.6) is 0 Å². The van der Waals surface area contributed by atoms with E-state index in [2.05, 4.69) is 16.0 Å². The number of rotatable bonds is 1. The van der Waals surface area contributed by atoms with Gasteiger partial charge in [-0.15, -0.1) is 0 Å². The summed E-state index contributed by atoms with van der Waals surface area (Å²) in [6, 6.07) is 7.99. The lowest BCUT2D eigenvalue weighted by atomic mass is 10.1. The van der Waals surface area contributed by atoms with Crippen LogP contribution < -0.4 is 0 Å². The Morgan fingerprint density at radius 3 is 2.38 bits per heavy atom. The molecule has 0 bridgehead atoms. The summed E-state index contributed by atoms with van der Waals surface area (Å²) in [6.45, 7) is 2.03. The minimum absolute atomic E-state index is 0.994. The van der Waals surface area contributed by atoms with Crippen LogP contribution in [-0.4, -0.2) is 9.97 Å². The van der Waals surface area contributed by atoms with Crippen molar-refractivity contribution >= 4 is 0 Å². The maximum atomic E-state index is 4.32. The molecular formula is C11H10N2. The lowest BCUT2D eigenvalue weighted by molar-refractivity contribution is 1.25. The van der Waals surface area contributed by atoms with E-state index in [0.717, 1.165) is 11.3 Å². The van der Waals surface area contributed by atoms with Gasteiger partial charge in [0.2, 0.25) is 0 Å². The van der Waals surface area contributed by atoms with Gasteiger partial charge in [0.1, 0.15) is 0 Å². The predicted octanol–water partition coefficient (Wildman–Crippen LogP) is 2.45. The lowest BCUT2D eigenvalue weighted by Crippen LogP contribution is -1.83. The van der Waals surface area contributed by atoms with Crippen LogP contribution in [0.1, 0.15) is 5.56 Å². The Kier molecular flexibility index (Phi) is 2.04. The summed E-state index contributed by atoms with van der Waals surface area (Å²) in [5.41, 5.74) is 3.28. The first-order chi connectivity index (χ1) is 6.36. The number of hydrogen-bond acceptors (Lipinski definition) is 2. The average molecular weight is 170 g/mol. The topological polar surface area (TPSA) is 25.8 Å². The molecule has 13 heavy (non-hydrogen) atoms. The number of hydrogen-bond donors (Lipinski definition) is 0. The lowest BCUT2D eigenvalue weighted by Gasteiger charge is -1.99. The van der Waals surface area contributed by atoms with Crippen molar-refractivity contribution in [2.45, 2.75) is 6.92 Å². The van der Waals surface area contributed by atoms with Crippen LogP contribution in [0.3, 0.4) is 0 Å². The molecule has 2 rings (SSSR count). The van der Waals surface area contributed by atoms with E-state index in [9.17, 15) is 0 Å². The normalized spacial score (nSPS) is 9.92. The first-order valence-electron chi connectivity index (χ1n) is 4.19. The zero-order chi connectivity index (χ0) is 9.10. The van der Waals surface area contributed by atoms with E-state index < -0.39 is 0 Å². The Balaban J connectivity index is 2.42. The minimum atomic E-state index is 0.994. The molecule has 0 spiro atoms. The van der Waals surface area contributed by atoms with Gasteiger partial charge in [-0.2, -0.15) is 0 Å². The summed E-state index contributed by atoms with van der Waals surface area (Å²) in [4.78, 5) is 8.28. The van der Waals surface area contributed by atoms with Crippen molar-refractivity contribution in [3.05, 3.63) is 48.4 Å². The van der Waals surface area contributed by atoms with E-state index in [0.29, 0.717) is 0 Å². The quantitative estimate of drug-likeness (QED) is 0.657. The van der Waals surface area contributed by atoms with Crippen LogP contribution in [-0.2, 0) is 0 Å². The van der Waals surface area contributed by atoms with Crippen LogP contribution >= 0.6 is 0 Å². The fourth-order valence-corrected chi connectivity index (χ4v) is 1.16. The van der Waals surface area contributed by atoms with Gasteiger partial charge in [0.05, 0.1) is 5.69 Å². The van der Waals surface area contributed by atoms with Gasteiger partial charge in [-0.1, -0.05) is 6.07 Å². The van der Waals surface area contributed by atoms with E-state index in [1.54, 1.807) is 12.4 Å². The highest BCUT2D eigenvalue weighted by atomic mass is 14.7. The molecule has 2 aromatic rings. The van der Waals surface area contributed by atoms with Crippen LogP contribution in [0.4, 0.5) is 0 Å². The second-order valence-electron chi connectivity index (χ2n) is 2.96. The molecule has 0 unspecified atom stereocenters. The summed E-state index contributed by atoms with van der Waals surface area (Å²) >= 11 is 0. The number of nitrogens with zero attached hydrogens (tertiary/aromatic N) is 2. The smallest absolute Gasteiger partial charge is 0.0703 e. The fraction of sp³-hybridized carbons (Fsp3) is 0.0909. The van der Waals surface area contributed by atoms with E-state index in [1.165, 1.54) is 5.56 Å². The molecule has 0 aliphatic heterocycles. The summed E-state index contributed by atoms with van der Waals surface area (Å²) in [6.07, 6.45) is 5.42. The first kappa shape index (κ1) is 7.92. The number of aryl methyl sites for hydroxylation is 1. The van der Waals surface area contributed by atoms with Gasteiger partial charge in [-0.05, 0) is 30.7 Å². The zero-order valence-electron chi connectivity index (χ0n) is 7.44. The third-order valence-corrected chi connectivity index (χ3v) is 1.89. The molecular weight excluding hydrogens is 160 g/mol. The van der Waals surface area contributed by atoms with Crippen molar-refractivity contribution in [1.82, 2.24) is 9.97 Å². The molecule has 2 heteroatoms. The minimum Gasteiger partial charge on any atom is -0.265 e. The van der Waals surface area contributed by atoms with Crippen molar-refractivity contribution in [1.29, 1.82) is 0 Å². The summed E-state index contributed by atoms with van der Waals surface area (Å²) in [5, 5.41) is 0. The van der Waals surface area contributed by atoms with Gasteiger partial charge in [0.15, 0.2) is 0 Å². The molecule has 0 radical (unpaired) electrons. The Bertz CT molecular complexity index is 379. The Labute approximate surface area is 77.3 Å². The van der Waals surface area contributed by atoms with Crippen molar-refractivity contribution < 1.29 is 0 Å². The van der Waals surface area contributed by atoms with Gasteiger partial charge in [-0.3, -0.25) is 9.97 Å². The zero-order valence-corrected chi connectivity index (χ0v) is 7.44. The molecule has 0 aromatic carbocycles. The van der Waals surface area contributed by atoms with Crippen molar-refractivity contribution in [3.63, 3.8) is 0 Å².